The number of likely N-dealkylation sites (tertiary alicyclic amines) is 4. The van der Waals surface area contributed by atoms with Crippen molar-refractivity contribution < 1.29 is 14.2 Å². The Labute approximate surface area is 320 Å². The molecule has 0 radical (unpaired) electrons. The quantitative estimate of drug-likeness (QED) is 0.247. The molecule has 7 aliphatic heterocycles. The highest BCUT2D eigenvalue weighted by Gasteiger charge is 2.17. The number of rotatable bonds is 0. The highest BCUT2D eigenvalue weighted by Crippen LogP contribution is 2.24. The van der Waals surface area contributed by atoms with Crippen molar-refractivity contribution in [2.75, 3.05) is 93.9 Å². The van der Waals surface area contributed by atoms with E-state index in [0.29, 0.717) is 12.2 Å². The first-order valence-corrected chi connectivity index (χ1v) is 22.0. The van der Waals surface area contributed by atoms with E-state index in [1.807, 2.05) is 0 Å². The van der Waals surface area contributed by atoms with Crippen LogP contribution in [0.4, 0.5) is 0 Å². The van der Waals surface area contributed by atoms with Crippen molar-refractivity contribution >= 4 is 0 Å². The van der Waals surface area contributed by atoms with Crippen molar-refractivity contribution in [1.29, 1.82) is 0 Å². The van der Waals surface area contributed by atoms with Gasteiger partial charge in [0.25, 0.3) is 0 Å². The first-order chi connectivity index (χ1) is 24.4. The summed E-state index contributed by atoms with van der Waals surface area (Å²) in [6, 6.07) is 1.71. The number of ether oxygens (including phenoxy) is 3. The summed E-state index contributed by atoms with van der Waals surface area (Å²) >= 11 is 0. The zero-order valence-corrected chi connectivity index (χ0v) is 36.4. The molecular formula is C44H92N4O3. The SMILES string of the molecule is CC1CCC1.CC1CCCC1.CC1CCCN1C.CC1CCCO1.CC1CCN1C.CC1CCO1.CC1COC1.CN1CCC1.CN1CCCC1. The molecule has 7 heteroatoms. The van der Waals surface area contributed by atoms with Crippen LogP contribution in [0.15, 0.2) is 0 Å². The zero-order valence-electron chi connectivity index (χ0n) is 36.4. The molecule has 0 N–H and O–H groups in total. The van der Waals surface area contributed by atoms with E-state index in [9.17, 15) is 0 Å². The molecule has 2 aliphatic carbocycles. The second kappa shape index (κ2) is 31.0. The molecule has 9 aliphatic rings. The molecule has 0 aromatic heterocycles. The highest BCUT2D eigenvalue weighted by atomic mass is 16.5. The predicted molar refractivity (Wildman–Crippen MR) is 222 cm³/mol. The summed E-state index contributed by atoms with van der Waals surface area (Å²) in [7, 11) is 8.67. The zero-order chi connectivity index (χ0) is 37.9. The van der Waals surface area contributed by atoms with E-state index in [2.05, 4.69) is 96.3 Å². The minimum absolute atomic E-state index is 0.546. The van der Waals surface area contributed by atoms with Gasteiger partial charge in [0, 0.05) is 31.2 Å². The fourth-order valence-electron chi connectivity index (χ4n) is 6.26. The number of nitrogens with zero attached hydrogens (tertiary/aromatic N) is 4. The lowest BCUT2D eigenvalue weighted by molar-refractivity contribution is -0.0375. The molecule has 0 spiro atoms. The molecule has 7 nitrogen and oxygen atoms in total. The summed E-state index contributed by atoms with van der Waals surface area (Å²) in [4.78, 5) is 9.42. The third-order valence-corrected chi connectivity index (χ3v) is 11.9. The number of hydrogen-bond donors (Lipinski definition) is 0. The van der Waals surface area contributed by atoms with Gasteiger partial charge in [-0.05, 0) is 165 Å². The molecule has 9 rings (SSSR count). The molecule has 0 amide bonds. The third-order valence-electron chi connectivity index (χ3n) is 11.9. The lowest BCUT2D eigenvalue weighted by Gasteiger charge is -2.34. The van der Waals surface area contributed by atoms with E-state index in [-0.39, 0.29) is 0 Å². The monoisotopic (exact) mass is 725 g/mol. The van der Waals surface area contributed by atoms with Gasteiger partial charge in [0.1, 0.15) is 0 Å². The van der Waals surface area contributed by atoms with Crippen LogP contribution in [0.2, 0.25) is 0 Å². The van der Waals surface area contributed by atoms with Gasteiger partial charge in [-0.15, -0.1) is 0 Å². The first-order valence-electron chi connectivity index (χ1n) is 22.0. The van der Waals surface area contributed by atoms with E-state index in [1.54, 1.807) is 0 Å². The van der Waals surface area contributed by atoms with Gasteiger partial charge in [0.2, 0.25) is 0 Å². The highest BCUT2D eigenvalue weighted by molar-refractivity contribution is 4.74. The maximum atomic E-state index is 5.15. The Bertz CT molecular complexity index is 643. The van der Waals surface area contributed by atoms with Crippen molar-refractivity contribution in [1.82, 2.24) is 19.6 Å². The summed E-state index contributed by atoms with van der Waals surface area (Å²) in [6.45, 7) is 27.4. The molecular weight excluding hydrogens is 633 g/mol. The minimum atomic E-state index is 0.546. The normalized spacial score (nSPS) is 30.2. The molecule has 9 fully saturated rings. The van der Waals surface area contributed by atoms with E-state index >= 15 is 0 Å². The summed E-state index contributed by atoms with van der Waals surface area (Å²) < 4.78 is 14.9. The van der Waals surface area contributed by atoms with Crippen molar-refractivity contribution in [2.45, 2.75) is 175 Å². The van der Waals surface area contributed by atoms with Crippen LogP contribution in [0.1, 0.15) is 151 Å². The van der Waals surface area contributed by atoms with Gasteiger partial charge in [-0.3, -0.25) is 0 Å². The summed E-state index contributed by atoms with van der Waals surface area (Å²) in [5.41, 5.74) is 0. The average molecular weight is 725 g/mol. The molecule has 7 saturated heterocycles. The van der Waals surface area contributed by atoms with E-state index in [4.69, 9.17) is 14.2 Å². The smallest absolute Gasteiger partial charge is 0.0568 e. The van der Waals surface area contributed by atoms with Crippen LogP contribution >= 0.6 is 0 Å². The molecule has 51 heavy (non-hydrogen) atoms. The van der Waals surface area contributed by atoms with Crippen molar-refractivity contribution in [3.63, 3.8) is 0 Å². The van der Waals surface area contributed by atoms with Gasteiger partial charge in [-0.2, -0.15) is 0 Å². The molecule has 0 bridgehead atoms. The molecule has 306 valence electrons. The van der Waals surface area contributed by atoms with E-state index < -0.39 is 0 Å². The molecule has 0 aromatic carbocycles. The van der Waals surface area contributed by atoms with Crippen LogP contribution in [0, 0.1) is 17.8 Å². The lowest BCUT2D eigenvalue weighted by Crippen LogP contribution is -2.41. The molecule has 0 aromatic rings. The Balaban J connectivity index is 0.000000287. The first kappa shape index (κ1) is 48.7. The average Bonchev–Trinajstić information content (AvgIpc) is 3.91. The van der Waals surface area contributed by atoms with Gasteiger partial charge in [-0.1, -0.05) is 65.7 Å². The molecule has 2 saturated carbocycles. The molecule has 4 unspecified atom stereocenters. The maximum Gasteiger partial charge on any atom is 0.0568 e. The van der Waals surface area contributed by atoms with Crippen LogP contribution in [-0.4, -0.2) is 138 Å². The second-order valence-corrected chi connectivity index (χ2v) is 17.6. The maximum absolute atomic E-state index is 5.15. The Kier molecular flexibility index (Phi) is 29.6. The predicted octanol–water partition coefficient (Wildman–Crippen LogP) is 9.48. The molecule has 7 heterocycles. The molecule has 4 atom stereocenters. The van der Waals surface area contributed by atoms with Gasteiger partial charge in [-0.25, -0.2) is 0 Å². The van der Waals surface area contributed by atoms with Crippen molar-refractivity contribution in [3.05, 3.63) is 0 Å². The third kappa shape index (κ3) is 27.9. The topological polar surface area (TPSA) is 40.7 Å². The van der Waals surface area contributed by atoms with Gasteiger partial charge in [0.05, 0.1) is 25.4 Å². The van der Waals surface area contributed by atoms with Crippen molar-refractivity contribution in [2.24, 2.45) is 17.8 Å². The Morgan fingerprint density at radius 2 is 0.824 bits per heavy atom. The Morgan fingerprint density at radius 3 is 0.902 bits per heavy atom. The Hall–Kier alpha value is -0.280. The fourth-order valence-corrected chi connectivity index (χ4v) is 6.26. The van der Waals surface area contributed by atoms with Crippen LogP contribution in [0.25, 0.3) is 0 Å². The van der Waals surface area contributed by atoms with Gasteiger partial charge in [0.15, 0.2) is 0 Å². The fraction of sp³-hybridized carbons (Fsp3) is 1.00. The van der Waals surface area contributed by atoms with Crippen molar-refractivity contribution in [3.8, 4) is 0 Å². The van der Waals surface area contributed by atoms with Crippen LogP contribution in [0.5, 0.6) is 0 Å². The largest absolute Gasteiger partial charge is 0.381 e. The van der Waals surface area contributed by atoms with E-state index in [1.165, 1.54) is 142 Å². The second-order valence-electron chi connectivity index (χ2n) is 17.6. The van der Waals surface area contributed by atoms with Gasteiger partial charge < -0.3 is 33.8 Å². The summed E-state index contributed by atoms with van der Waals surface area (Å²) in [5.74, 6) is 2.95. The number of hydrogen-bond acceptors (Lipinski definition) is 7. The summed E-state index contributed by atoms with van der Waals surface area (Å²) in [6.07, 6.45) is 23.7. The van der Waals surface area contributed by atoms with Crippen LogP contribution in [-0.2, 0) is 14.2 Å². The lowest BCUT2D eigenvalue weighted by atomic mass is 9.88. The van der Waals surface area contributed by atoms with Crippen LogP contribution < -0.4 is 0 Å². The minimum Gasteiger partial charge on any atom is -0.381 e. The van der Waals surface area contributed by atoms with Crippen LogP contribution in [0.3, 0.4) is 0 Å². The standard InChI is InChI=1S/C6H13N.C6H12.2C5H11N.C5H10O.C5H10.C4H9N.2C4H8O/c1-6-4-3-5-7(6)2;1-6-4-2-3-5-6;1-5-3-4-6(5)2;1-6-4-2-3-5-6;1-5-3-2-4-6-5;2*1-5-3-2-4-5;1-4-2-5-3-4;1-4-2-3-5-4/h6H,3-5H2,1-2H3;6H,2-5H2,1H3;5H,3-4H2,1-2H3;2-5H2,1H3;5H,2-4H2,1H3;5H,2-4H2,1H3;2-4H2,1H3;2*4H,2-3H2,1H3. The van der Waals surface area contributed by atoms with E-state index in [0.717, 1.165) is 56.3 Å². The van der Waals surface area contributed by atoms with Gasteiger partial charge >= 0.3 is 0 Å². The Morgan fingerprint density at radius 1 is 0.373 bits per heavy atom. The summed E-state index contributed by atoms with van der Waals surface area (Å²) in [5, 5.41) is 0.